The molecule has 0 atom stereocenters. The van der Waals surface area contributed by atoms with Gasteiger partial charge in [0, 0.05) is 29.7 Å². The number of nitrogens with zero attached hydrogens (tertiary/aromatic N) is 1. The largest absolute Gasteiger partial charge is 0.349 e. The van der Waals surface area contributed by atoms with Crippen LogP contribution in [0.3, 0.4) is 0 Å². The maximum atomic E-state index is 12.7. The maximum absolute atomic E-state index is 12.7. The number of carbonyl (C=O) groups is 1. The maximum Gasteiger partial charge on any atom is 0.251 e. The molecule has 0 aliphatic carbocycles. The van der Waals surface area contributed by atoms with Crippen LogP contribution in [0.2, 0.25) is 5.02 Å². The lowest BCUT2D eigenvalue weighted by Gasteiger charge is -2.31. The molecule has 2 aromatic carbocycles. The molecule has 1 aliphatic rings. The molecule has 0 bridgehead atoms. The topological polar surface area (TPSA) is 66.5 Å². The van der Waals surface area contributed by atoms with Crippen molar-refractivity contribution in [3.63, 3.8) is 0 Å². The van der Waals surface area contributed by atoms with E-state index in [9.17, 15) is 13.2 Å². The third-order valence-corrected chi connectivity index (χ3v) is 6.68. The lowest BCUT2D eigenvalue weighted by Crippen LogP contribution is -2.46. The van der Waals surface area contributed by atoms with E-state index in [1.165, 1.54) is 4.31 Å². The molecular weight excluding hydrogens is 372 g/mol. The second-order valence-corrected chi connectivity index (χ2v) is 8.85. The van der Waals surface area contributed by atoms with E-state index in [4.69, 9.17) is 11.6 Å². The Kier molecular flexibility index (Phi) is 5.65. The first-order valence-electron chi connectivity index (χ1n) is 8.49. The molecule has 7 heteroatoms. The number of sulfonamides is 1. The van der Waals surface area contributed by atoms with Gasteiger partial charge in [0.1, 0.15) is 0 Å². The molecule has 3 rings (SSSR count). The van der Waals surface area contributed by atoms with E-state index in [-0.39, 0.29) is 11.9 Å². The Labute approximate surface area is 159 Å². The number of amides is 1. The van der Waals surface area contributed by atoms with Gasteiger partial charge in [-0.15, -0.1) is 0 Å². The summed E-state index contributed by atoms with van der Waals surface area (Å²) in [5.74, 6) is -0.188. The molecule has 1 saturated heterocycles. The molecule has 138 valence electrons. The van der Waals surface area contributed by atoms with Gasteiger partial charge in [-0.2, -0.15) is 4.31 Å². The number of hydrogen-bond donors (Lipinski definition) is 1. The van der Waals surface area contributed by atoms with Gasteiger partial charge < -0.3 is 5.32 Å². The van der Waals surface area contributed by atoms with Crippen LogP contribution in [0, 0.1) is 6.92 Å². The predicted molar refractivity (Wildman–Crippen MR) is 102 cm³/mol. The van der Waals surface area contributed by atoms with Crippen molar-refractivity contribution in [1.29, 1.82) is 0 Å². The highest BCUT2D eigenvalue weighted by molar-refractivity contribution is 7.89. The van der Waals surface area contributed by atoms with Gasteiger partial charge in [0.25, 0.3) is 5.91 Å². The fourth-order valence-corrected chi connectivity index (χ4v) is 4.66. The van der Waals surface area contributed by atoms with Crippen LogP contribution in [0.5, 0.6) is 0 Å². The first kappa shape index (κ1) is 18.9. The monoisotopic (exact) mass is 392 g/mol. The van der Waals surface area contributed by atoms with E-state index >= 15 is 0 Å². The van der Waals surface area contributed by atoms with E-state index < -0.39 is 10.0 Å². The zero-order chi connectivity index (χ0) is 18.7. The average Bonchev–Trinajstić information content (AvgIpc) is 2.62. The van der Waals surface area contributed by atoms with E-state index in [0.29, 0.717) is 41.4 Å². The van der Waals surface area contributed by atoms with Gasteiger partial charge in [-0.05, 0) is 50.1 Å². The fourth-order valence-electron chi connectivity index (χ4n) is 3.00. The van der Waals surface area contributed by atoms with E-state index in [1.807, 2.05) is 6.92 Å². The second kappa shape index (κ2) is 7.78. The van der Waals surface area contributed by atoms with E-state index in [1.54, 1.807) is 48.5 Å². The molecule has 1 N–H and O–H groups in total. The van der Waals surface area contributed by atoms with Gasteiger partial charge in [-0.25, -0.2) is 8.42 Å². The van der Waals surface area contributed by atoms with Crippen LogP contribution in [0.15, 0.2) is 53.4 Å². The number of aryl methyl sites for hydroxylation is 1. The Morgan fingerprint density at radius 1 is 1.12 bits per heavy atom. The summed E-state index contributed by atoms with van der Waals surface area (Å²) in [4.78, 5) is 12.6. The molecule has 5 nitrogen and oxygen atoms in total. The molecule has 0 spiro atoms. The molecule has 1 fully saturated rings. The third-order valence-electron chi connectivity index (χ3n) is 4.53. The van der Waals surface area contributed by atoms with Crippen LogP contribution >= 0.6 is 11.6 Å². The van der Waals surface area contributed by atoms with Gasteiger partial charge in [-0.3, -0.25) is 4.79 Å². The standard InChI is InChI=1S/C19H21ClN2O3S/c1-14-5-7-18(8-6-14)26(24,25)22-11-9-17(10-12-22)21-19(23)15-3-2-4-16(20)13-15/h2-8,13,17H,9-12H2,1H3,(H,21,23). The summed E-state index contributed by atoms with van der Waals surface area (Å²) in [6, 6.07) is 13.6. The number of rotatable bonds is 4. The van der Waals surface area contributed by atoms with Gasteiger partial charge >= 0.3 is 0 Å². The van der Waals surface area contributed by atoms with Crippen LogP contribution < -0.4 is 5.32 Å². The first-order chi connectivity index (χ1) is 12.4. The Morgan fingerprint density at radius 2 is 1.77 bits per heavy atom. The average molecular weight is 393 g/mol. The van der Waals surface area contributed by atoms with Crippen molar-refractivity contribution in [2.45, 2.75) is 30.7 Å². The van der Waals surface area contributed by atoms with Gasteiger partial charge in [0.15, 0.2) is 0 Å². The molecule has 26 heavy (non-hydrogen) atoms. The first-order valence-corrected chi connectivity index (χ1v) is 10.3. The summed E-state index contributed by atoms with van der Waals surface area (Å²) in [6.07, 6.45) is 1.16. The number of benzene rings is 2. The van der Waals surface area contributed by atoms with Crippen LogP contribution in [0.25, 0.3) is 0 Å². The Morgan fingerprint density at radius 3 is 2.38 bits per heavy atom. The highest BCUT2D eigenvalue weighted by atomic mass is 35.5. The van der Waals surface area contributed by atoms with Gasteiger partial charge in [0.05, 0.1) is 4.90 Å². The number of hydrogen-bond acceptors (Lipinski definition) is 3. The lowest BCUT2D eigenvalue weighted by molar-refractivity contribution is 0.0924. The fraction of sp³-hybridized carbons (Fsp3) is 0.316. The van der Waals surface area contributed by atoms with Crippen LogP contribution in [-0.4, -0.2) is 37.8 Å². The number of halogens is 1. The SMILES string of the molecule is Cc1ccc(S(=O)(=O)N2CCC(NC(=O)c3cccc(Cl)c3)CC2)cc1. The summed E-state index contributed by atoms with van der Waals surface area (Å²) in [5.41, 5.74) is 1.53. The minimum atomic E-state index is -3.49. The minimum Gasteiger partial charge on any atom is -0.349 e. The van der Waals surface area contributed by atoms with Crippen molar-refractivity contribution < 1.29 is 13.2 Å². The van der Waals surface area contributed by atoms with Crippen molar-refractivity contribution in [3.05, 3.63) is 64.7 Å². The molecular formula is C19H21ClN2O3S. The summed E-state index contributed by atoms with van der Waals surface area (Å²) in [7, 11) is -3.49. The summed E-state index contributed by atoms with van der Waals surface area (Å²) in [6.45, 7) is 2.69. The van der Waals surface area contributed by atoms with Crippen LogP contribution in [0.1, 0.15) is 28.8 Å². The van der Waals surface area contributed by atoms with E-state index in [2.05, 4.69) is 5.32 Å². The van der Waals surface area contributed by atoms with Crippen molar-refractivity contribution in [2.75, 3.05) is 13.1 Å². The van der Waals surface area contributed by atoms with Gasteiger partial charge in [0.2, 0.25) is 10.0 Å². The van der Waals surface area contributed by atoms with Crippen molar-refractivity contribution in [3.8, 4) is 0 Å². The molecule has 1 aliphatic heterocycles. The third kappa shape index (κ3) is 4.26. The summed E-state index contributed by atoms with van der Waals surface area (Å²) in [5, 5.41) is 3.47. The molecule has 2 aromatic rings. The summed E-state index contributed by atoms with van der Waals surface area (Å²) >= 11 is 5.92. The van der Waals surface area contributed by atoms with Crippen LogP contribution in [-0.2, 0) is 10.0 Å². The molecule has 0 saturated carbocycles. The Hall–Kier alpha value is -1.89. The smallest absolute Gasteiger partial charge is 0.251 e. The lowest BCUT2D eigenvalue weighted by atomic mass is 10.1. The molecule has 0 unspecified atom stereocenters. The molecule has 1 heterocycles. The zero-order valence-corrected chi connectivity index (χ0v) is 16.1. The highest BCUT2D eigenvalue weighted by Gasteiger charge is 2.30. The normalized spacial score (nSPS) is 16.4. The van der Waals surface area contributed by atoms with E-state index in [0.717, 1.165) is 5.56 Å². The number of carbonyl (C=O) groups excluding carboxylic acids is 1. The second-order valence-electron chi connectivity index (χ2n) is 6.48. The number of piperidine rings is 1. The Bertz CT molecular complexity index is 889. The number of nitrogens with one attached hydrogen (secondary N) is 1. The van der Waals surface area contributed by atoms with Crippen molar-refractivity contribution in [2.24, 2.45) is 0 Å². The van der Waals surface area contributed by atoms with Crippen LogP contribution in [0.4, 0.5) is 0 Å². The zero-order valence-electron chi connectivity index (χ0n) is 14.5. The minimum absolute atomic E-state index is 0.0500. The quantitative estimate of drug-likeness (QED) is 0.868. The van der Waals surface area contributed by atoms with Gasteiger partial charge in [-0.1, -0.05) is 35.4 Å². The molecule has 0 aromatic heterocycles. The summed E-state index contributed by atoms with van der Waals surface area (Å²) < 4.78 is 26.9. The highest BCUT2D eigenvalue weighted by Crippen LogP contribution is 2.21. The molecule has 1 amide bonds. The predicted octanol–water partition coefficient (Wildman–Crippen LogP) is 3.23. The molecule has 0 radical (unpaired) electrons. The Balaban J connectivity index is 1.60. The van der Waals surface area contributed by atoms with Crippen molar-refractivity contribution >= 4 is 27.5 Å². The van der Waals surface area contributed by atoms with Crippen molar-refractivity contribution in [1.82, 2.24) is 9.62 Å².